The van der Waals surface area contributed by atoms with Crippen molar-refractivity contribution in [3.63, 3.8) is 0 Å². The summed E-state index contributed by atoms with van der Waals surface area (Å²) in [6.07, 6.45) is 0. The van der Waals surface area contributed by atoms with Crippen molar-refractivity contribution in [3.05, 3.63) is 29.3 Å². The van der Waals surface area contributed by atoms with Gasteiger partial charge in [-0.2, -0.15) is 0 Å². The van der Waals surface area contributed by atoms with Gasteiger partial charge in [0.05, 0.1) is 0 Å². The van der Waals surface area contributed by atoms with Gasteiger partial charge in [0.25, 0.3) is 0 Å². The van der Waals surface area contributed by atoms with Crippen molar-refractivity contribution in [2.24, 2.45) is 0 Å². The molecule has 0 aliphatic carbocycles. The fourth-order valence-electron chi connectivity index (χ4n) is 0.736. The quantitative estimate of drug-likeness (QED) is 0.577. The van der Waals surface area contributed by atoms with Crippen LogP contribution >= 0.6 is 12.6 Å². The van der Waals surface area contributed by atoms with E-state index in [4.69, 9.17) is 0 Å². The summed E-state index contributed by atoms with van der Waals surface area (Å²) >= 11 is 4.27. The molecule has 0 unspecified atom stereocenters. The zero-order valence-electron chi connectivity index (χ0n) is 9.68. The molecular formula is C12H22S. The number of benzene rings is 1. The molecule has 0 amide bonds. The Hall–Kier alpha value is -0.430. The van der Waals surface area contributed by atoms with Crippen LogP contribution in [0.1, 0.15) is 38.8 Å². The van der Waals surface area contributed by atoms with E-state index in [1.807, 2.05) is 39.8 Å². The molecule has 0 spiro atoms. The van der Waals surface area contributed by atoms with Crippen molar-refractivity contribution < 1.29 is 0 Å². The van der Waals surface area contributed by atoms with E-state index in [9.17, 15) is 0 Å². The molecule has 0 aliphatic heterocycles. The minimum Gasteiger partial charge on any atom is -0.143 e. The summed E-state index contributed by atoms with van der Waals surface area (Å²) in [5.41, 5.74) is 2.59. The van der Waals surface area contributed by atoms with E-state index in [1.165, 1.54) is 11.1 Å². The minimum absolute atomic E-state index is 1.08. The Morgan fingerprint density at radius 3 is 1.69 bits per heavy atom. The van der Waals surface area contributed by atoms with Gasteiger partial charge in [0.15, 0.2) is 0 Å². The lowest BCUT2D eigenvalue weighted by Crippen LogP contribution is -1.79. The lowest BCUT2D eigenvalue weighted by molar-refractivity contribution is 1.24. The Bertz CT molecular complexity index is 196. The molecule has 1 heteroatoms. The fraction of sp³-hybridized carbons (Fsp3) is 0.500. The van der Waals surface area contributed by atoms with Crippen molar-refractivity contribution in [2.45, 2.75) is 46.4 Å². The van der Waals surface area contributed by atoms with Gasteiger partial charge in [-0.05, 0) is 31.0 Å². The fourth-order valence-corrected chi connectivity index (χ4v) is 0.998. The normalized spacial score (nSPS) is 7.62. The van der Waals surface area contributed by atoms with Crippen molar-refractivity contribution >= 4 is 12.6 Å². The van der Waals surface area contributed by atoms with Crippen LogP contribution in [0.25, 0.3) is 0 Å². The zero-order chi connectivity index (χ0) is 10.9. The molecule has 0 N–H and O–H groups in total. The maximum absolute atomic E-state index is 4.27. The molecule has 1 rings (SSSR count). The first-order valence-corrected chi connectivity index (χ1v) is 5.41. The summed E-state index contributed by atoms with van der Waals surface area (Å²) in [7, 11) is 0. The summed E-state index contributed by atoms with van der Waals surface area (Å²) < 4.78 is 0. The monoisotopic (exact) mass is 198 g/mol. The number of thiol groups is 1. The average Bonchev–Trinajstić information content (AvgIpc) is 2.20. The SMILES string of the molecule is CC.CC.Cc1cccc(S)c1C. The summed E-state index contributed by atoms with van der Waals surface area (Å²) in [6.45, 7) is 12.2. The molecule has 0 bridgehead atoms. The highest BCUT2D eigenvalue weighted by molar-refractivity contribution is 7.80. The molecule has 13 heavy (non-hydrogen) atoms. The molecule has 0 saturated heterocycles. The van der Waals surface area contributed by atoms with Gasteiger partial charge >= 0.3 is 0 Å². The maximum atomic E-state index is 4.27. The van der Waals surface area contributed by atoms with Gasteiger partial charge in [-0.1, -0.05) is 39.8 Å². The smallest absolute Gasteiger partial charge is 0.00718 e. The van der Waals surface area contributed by atoms with Crippen LogP contribution in [0.2, 0.25) is 0 Å². The van der Waals surface area contributed by atoms with Crippen LogP contribution in [-0.2, 0) is 0 Å². The van der Waals surface area contributed by atoms with Crippen molar-refractivity contribution in [1.29, 1.82) is 0 Å². The van der Waals surface area contributed by atoms with Gasteiger partial charge in [0.2, 0.25) is 0 Å². The highest BCUT2D eigenvalue weighted by Crippen LogP contribution is 2.15. The van der Waals surface area contributed by atoms with E-state index in [1.54, 1.807) is 0 Å². The van der Waals surface area contributed by atoms with E-state index in [2.05, 4.69) is 32.5 Å². The third kappa shape index (κ3) is 5.75. The van der Waals surface area contributed by atoms with Crippen LogP contribution < -0.4 is 0 Å². The first-order valence-electron chi connectivity index (χ1n) is 4.97. The van der Waals surface area contributed by atoms with Crippen molar-refractivity contribution in [2.75, 3.05) is 0 Å². The molecule has 1 aromatic rings. The van der Waals surface area contributed by atoms with Crippen LogP contribution in [0, 0.1) is 13.8 Å². The van der Waals surface area contributed by atoms with Crippen molar-refractivity contribution in [1.82, 2.24) is 0 Å². The highest BCUT2D eigenvalue weighted by Gasteiger charge is 1.92. The van der Waals surface area contributed by atoms with Gasteiger partial charge in [0, 0.05) is 4.90 Å². The number of rotatable bonds is 0. The third-order valence-corrected chi connectivity index (χ3v) is 2.06. The van der Waals surface area contributed by atoms with E-state index in [0.717, 1.165) is 4.90 Å². The first-order chi connectivity index (χ1) is 6.22. The summed E-state index contributed by atoms with van der Waals surface area (Å²) in [6, 6.07) is 6.12. The van der Waals surface area contributed by atoms with Gasteiger partial charge in [0.1, 0.15) is 0 Å². The Balaban J connectivity index is 0. The first kappa shape index (κ1) is 15.1. The summed E-state index contributed by atoms with van der Waals surface area (Å²) in [5, 5.41) is 0. The Morgan fingerprint density at radius 1 is 0.923 bits per heavy atom. The Morgan fingerprint density at radius 2 is 1.38 bits per heavy atom. The molecule has 0 saturated carbocycles. The Labute approximate surface area is 88.8 Å². The largest absolute Gasteiger partial charge is 0.143 e. The zero-order valence-corrected chi connectivity index (χ0v) is 10.6. The van der Waals surface area contributed by atoms with Crippen LogP contribution in [0.3, 0.4) is 0 Å². The molecule has 0 aliphatic rings. The third-order valence-electron chi connectivity index (χ3n) is 1.58. The predicted octanol–water partition coefficient (Wildman–Crippen LogP) is 4.64. The van der Waals surface area contributed by atoms with Gasteiger partial charge in [-0.15, -0.1) is 12.6 Å². The Kier molecular flexibility index (Phi) is 11.2. The van der Waals surface area contributed by atoms with Crippen LogP contribution in [-0.4, -0.2) is 0 Å². The standard InChI is InChI=1S/C8H10S.2C2H6/c1-6-4-3-5-8(9)7(6)2;2*1-2/h3-5,9H,1-2H3;2*1-2H3. The summed E-state index contributed by atoms with van der Waals surface area (Å²) in [5.74, 6) is 0. The van der Waals surface area contributed by atoms with Gasteiger partial charge in [-0.3, -0.25) is 0 Å². The lowest BCUT2D eigenvalue weighted by atomic mass is 10.1. The molecule has 0 heterocycles. The van der Waals surface area contributed by atoms with E-state index in [-0.39, 0.29) is 0 Å². The molecular weight excluding hydrogens is 176 g/mol. The topological polar surface area (TPSA) is 0 Å². The number of hydrogen-bond donors (Lipinski definition) is 1. The van der Waals surface area contributed by atoms with Crippen LogP contribution in [0.5, 0.6) is 0 Å². The second-order valence-electron chi connectivity index (χ2n) is 2.22. The van der Waals surface area contributed by atoms with Crippen molar-refractivity contribution in [3.8, 4) is 0 Å². The maximum Gasteiger partial charge on any atom is 0.00718 e. The molecule has 76 valence electrons. The average molecular weight is 198 g/mol. The number of hydrogen-bond acceptors (Lipinski definition) is 1. The second kappa shape index (κ2) is 9.66. The summed E-state index contributed by atoms with van der Waals surface area (Å²) in [4.78, 5) is 1.08. The highest BCUT2D eigenvalue weighted by atomic mass is 32.1. The second-order valence-corrected chi connectivity index (χ2v) is 2.70. The lowest BCUT2D eigenvalue weighted by Gasteiger charge is -2.00. The number of aryl methyl sites for hydroxylation is 1. The van der Waals surface area contributed by atoms with E-state index >= 15 is 0 Å². The molecule has 0 aromatic heterocycles. The van der Waals surface area contributed by atoms with Crippen LogP contribution in [0.4, 0.5) is 0 Å². The van der Waals surface area contributed by atoms with E-state index < -0.39 is 0 Å². The molecule has 0 fully saturated rings. The molecule has 1 aromatic carbocycles. The minimum atomic E-state index is 1.08. The molecule has 0 nitrogen and oxygen atoms in total. The van der Waals surface area contributed by atoms with E-state index in [0.29, 0.717) is 0 Å². The molecule has 0 atom stereocenters. The predicted molar refractivity (Wildman–Crippen MR) is 65.9 cm³/mol. The van der Waals surface area contributed by atoms with Crippen LogP contribution in [0.15, 0.2) is 23.1 Å². The van der Waals surface area contributed by atoms with Gasteiger partial charge in [-0.25, -0.2) is 0 Å². The molecule has 0 radical (unpaired) electrons. The van der Waals surface area contributed by atoms with Gasteiger partial charge < -0.3 is 0 Å².